The van der Waals surface area contributed by atoms with Crippen LogP contribution < -0.4 is 10.6 Å². The molecule has 2 N–H and O–H groups in total. The molecule has 1 aromatic carbocycles. The molecule has 0 bridgehead atoms. The fraction of sp³-hybridized carbons (Fsp3) is 0.222. The van der Waals surface area contributed by atoms with Crippen molar-refractivity contribution in [3.8, 4) is 11.4 Å². The van der Waals surface area contributed by atoms with Gasteiger partial charge in [-0.15, -0.1) is 0 Å². The number of nitrogens with one attached hydrogen (secondary N) is 2. The zero-order valence-electron chi connectivity index (χ0n) is 14.4. The molecule has 8 heteroatoms. The minimum atomic E-state index is -0.742. The highest BCUT2D eigenvalue weighted by Crippen LogP contribution is 2.20. The molecule has 0 aliphatic carbocycles. The fourth-order valence-corrected chi connectivity index (χ4v) is 2.24. The van der Waals surface area contributed by atoms with Crippen molar-refractivity contribution in [3.63, 3.8) is 0 Å². The average molecular weight is 354 g/mol. The van der Waals surface area contributed by atoms with Gasteiger partial charge < -0.3 is 19.6 Å². The van der Waals surface area contributed by atoms with Crippen LogP contribution in [0.3, 0.4) is 0 Å². The Morgan fingerprint density at radius 1 is 1.23 bits per heavy atom. The molecule has 26 heavy (non-hydrogen) atoms. The molecule has 2 amide bonds. The van der Waals surface area contributed by atoms with Gasteiger partial charge in [0.1, 0.15) is 6.04 Å². The number of benzene rings is 1. The van der Waals surface area contributed by atoms with E-state index in [1.54, 1.807) is 31.2 Å². The van der Waals surface area contributed by atoms with Gasteiger partial charge in [-0.05, 0) is 31.2 Å². The van der Waals surface area contributed by atoms with Crippen LogP contribution in [-0.2, 0) is 11.2 Å². The predicted molar refractivity (Wildman–Crippen MR) is 93.4 cm³/mol. The third-order valence-corrected chi connectivity index (χ3v) is 3.64. The molecule has 0 aliphatic heterocycles. The Morgan fingerprint density at radius 3 is 2.77 bits per heavy atom. The van der Waals surface area contributed by atoms with E-state index in [9.17, 15) is 9.59 Å². The minimum absolute atomic E-state index is 0.149. The molecular formula is C18H18N4O4. The van der Waals surface area contributed by atoms with E-state index in [1.165, 1.54) is 12.3 Å². The number of aryl methyl sites for hydroxylation is 1. The number of nitrogens with zero attached hydrogens (tertiary/aromatic N) is 2. The number of carbonyl (C=O) groups excluding carboxylic acids is 2. The lowest BCUT2D eigenvalue weighted by Gasteiger charge is -2.13. The van der Waals surface area contributed by atoms with Crippen LogP contribution in [0.4, 0.5) is 5.69 Å². The lowest BCUT2D eigenvalue weighted by molar-refractivity contribution is -0.117. The van der Waals surface area contributed by atoms with Gasteiger partial charge in [-0.2, -0.15) is 4.98 Å². The number of aromatic nitrogens is 2. The first kappa shape index (κ1) is 17.4. The Bertz CT molecular complexity index is 902. The number of amides is 2. The summed E-state index contributed by atoms with van der Waals surface area (Å²) in [5, 5.41) is 9.24. The lowest BCUT2D eigenvalue weighted by Crippen LogP contribution is -2.41. The molecule has 0 radical (unpaired) electrons. The highest BCUT2D eigenvalue weighted by molar-refractivity contribution is 6.00. The first-order valence-corrected chi connectivity index (χ1v) is 8.15. The average Bonchev–Trinajstić information content (AvgIpc) is 3.33. The smallest absolute Gasteiger partial charge is 0.287 e. The molecule has 0 aliphatic rings. The molecule has 0 spiro atoms. The van der Waals surface area contributed by atoms with Crippen LogP contribution >= 0.6 is 0 Å². The van der Waals surface area contributed by atoms with Crippen molar-refractivity contribution in [2.45, 2.75) is 26.3 Å². The second-order valence-corrected chi connectivity index (χ2v) is 5.61. The minimum Gasteiger partial charge on any atom is -0.459 e. The van der Waals surface area contributed by atoms with E-state index < -0.39 is 11.9 Å². The van der Waals surface area contributed by atoms with Crippen LogP contribution in [0, 0.1) is 0 Å². The molecule has 2 aromatic heterocycles. The van der Waals surface area contributed by atoms with Gasteiger partial charge in [-0.3, -0.25) is 9.59 Å². The van der Waals surface area contributed by atoms with Gasteiger partial charge in [0.15, 0.2) is 5.76 Å². The summed E-state index contributed by atoms with van der Waals surface area (Å²) in [4.78, 5) is 28.5. The van der Waals surface area contributed by atoms with Gasteiger partial charge in [0.2, 0.25) is 17.6 Å². The van der Waals surface area contributed by atoms with Crippen molar-refractivity contribution >= 4 is 17.5 Å². The van der Waals surface area contributed by atoms with Gasteiger partial charge in [0.05, 0.1) is 6.26 Å². The van der Waals surface area contributed by atoms with E-state index >= 15 is 0 Å². The normalized spacial score (nSPS) is 11.8. The zero-order chi connectivity index (χ0) is 18.5. The van der Waals surface area contributed by atoms with Crippen molar-refractivity contribution in [2.24, 2.45) is 0 Å². The highest BCUT2D eigenvalue weighted by Gasteiger charge is 2.18. The van der Waals surface area contributed by atoms with E-state index in [0.29, 0.717) is 23.8 Å². The summed E-state index contributed by atoms with van der Waals surface area (Å²) in [7, 11) is 0. The molecule has 1 atom stereocenters. The fourth-order valence-electron chi connectivity index (χ4n) is 2.24. The Morgan fingerprint density at radius 2 is 2.08 bits per heavy atom. The lowest BCUT2D eigenvalue weighted by atomic mass is 10.2. The van der Waals surface area contributed by atoms with Gasteiger partial charge >= 0.3 is 0 Å². The summed E-state index contributed by atoms with van der Waals surface area (Å²) in [5.41, 5.74) is 1.29. The van der Waals surface area contributed by atoms with Crippen molar-refractivity contribution < 1.29 is 18.5 Å². The standard InChI is InChI=1S/C18H18N4O4/c1-3-15-21-16(22-26-15)12-6-4-7-13(10-12)20-17(23)11(2)19-18(24)14-8-5-9-25-14/h4-11H,3H2,1-2H3,(H,19,24)(H,20,23)/t11-/m1/s1. The van der Waals surface area contributed by atoms with Crippen LogP contribution in [0.5, 0.6) is 0 Å². The van der Waals surface area contributed by atoms with Crippen LogP contribution in [0.2, 0.25) is 0 Å². The van der Waals surface area contributed by atoms with E-state index in [1.807, 2.05) is 13.0 Å². The molecule has 134 valence electrons. The predicted octanol–water partition coefficient (Wildman–Crippen LogP) is 2.65. The second-order valence-electron chi connectivity index (χ2n) is 5.61. The van der Waals surface area contributed by atoms with Crippen molar-refractivity contribution in [1.29, 1.82) is 0 Å². The zero-order valence-corrected chi connectivity index (χ0v) is 14.4. The highest BCUT2D eigenvalue weighted by atomic mass is 16.5. The maximum Gasteiger partial charge on any atom is 0.287 e. The molecular weight excluding hydrogens is 336 g/mol. The Balaban J connectivity index is 1.65. The van der Waals surface area contributed by atoms with Crippen molar-refractivity contribution in [2.75, 3.05) is 5.32 Å². The van der Waals surface area contributed by atoms with Crippen LogP contribution in [0.1, 0.15) is 30.3 Å². The Labute approximate surface area is 149 Å². The maximum absolute atomic E-state index is 12.3. The maximum atomic E-state index is 12.3. The van der Waals surface area contributed by atoms with Crippen LogP contribution in [-0.4, -0.2) is 28.0 Å². The van der Waals surface area contributed by atoms with E-state index in [2.05, 4.69) is 20.8 Å². The van der Waals surface area contributed by atoms with Crippen molar-refractivity contribution in [1.82, 2.24) is 15.5 Å². The quantitative estimate of drug-likeness (QED) is 0.704. The molecule has 0 unspecified atom stereocenters. The molecule has 0 saturated carbocycles. The summed E-state index contributed by atoms with van der Waals surface area (Å²) in [6.07, 6.45) is 2.04. The number of carbonyl (C=O) groups is 2. The van der Waals surface area contributed by atoms with Gasteiger partial charge in [0.25, 0.3) is 5.91 Å². The molecule has 0 fully saturated rings. The van der Waals surface area contributed by atoms with Gasteiger partial charge in [-0.1, -0.05) is 24.2 Å². The van der Waals surface area contributed by atoms with E-state index in [-0.39, 0.29) is 11.7 Å². The topological polar surface area (TPSA) is 110 Å². The first-order chi connectivity index (χ1) is 12.6. The van der Waals surface area contributed by atoms with Crippen LogP contribution in [0.15, 0.2) is 51.6 Å². The first-order valence-electron chi connectivity index (χ1n) is 8.15. The SMILES string of the molecule is CCc1nc(-c2cccc(NC(=O)[C@@H](C)NC(=O)c3ccco3)c2)no1. The summed E-state index contributed by atoms with van der Waals surface area (Å²) < 4.78 is 10.1. The third kappa shape index (κ3) is 3.97. The second kappa shape index (κ2) is 7.64. The molecule has 0 saturated heterocycles. The van der Waals surface area contributed by atoms with Gasteiger partial charge in [-0.25, -0.2) is 0 Å². The summed E-state index contributed by atoms with van der Waals surface area (Å²) in [5.74, 6) is 0.339. The molecule has 3 aromatic rings. The summed E-state index contributed by atoms with van der Waals surface area (Å²) in [6.45, 7) is 3.51. The van der Waals surface area contributed by atoms with Crippen molar-refractivity contribution in [3.05, 3.63) is 54.3 Å². The Hall–Kier alpha value is -3.42. The van der Waals surface area contributed by atoms with Gasteiger partial charge in [0, 0.05) is 17.7 Å². The summed E-state index contributed by atoms with van der Waals surface area (Å²) >= 11 is 0. The third-order valence-electron chi connectivity index (χ3n) is 3.64. The van der Waals surface area contributed by atoms with Crippen LogP contribution in [0.25, 0.3) is 11.4 Å². The Kier molecular flexibility index (Phi) is 5.12. The number of hydrogen-bond acceptors (Lipinski definition) is 6. The molecule has 2 heterocycles. The molecule has 3 rings (SSSR count). The number of hydrogen-bond donors (Lipinski definition) is 2. The van der Waals surface area contributed by atoms with E-state index in [4.69, 9.17) is 8.94 Å². The van der Waals surface area contributed by atoms with E-state index in [0.717, 1.165) is 5.56 Å². The number of furan rings is 1. The largest absolute Gasteiger partial charge is 0.459 e. The monoisotopic (exact) mass is 354 g/mol. The molecule has 8 nitrogen and oxygen atoms in total. The number of rotatable bonds is 6. The number of anilines is 1. The summed E-state index contributed by atoms with van der Waals surface area (Å²) in [6, 6.07) is 9.47.